The Labute approximate surface area is 101 Å². The average molecular weight is 254 g/mol. The second-order valence-electron chi connectivity index (χ2n) is 3.15. The number of anilines is 1. The Hall–Kier alpha value is -1.58. The van der Waals surface area contributed by atoms with Gasteiger partial charge in [-0.25, -0.2) is 4.98 Å². The number of nitrogens with zero attached hydrogens (tertiary/aromatic N) is 3. The van der Waals surface area contributed by atoms with E-state index in [1.54, 1.807) is 12.4 Å². The SMILES string of the molecule is CC(Nc1nc(Cl)c(C#N)s1)c1cn[nH]c1. The molecule has 0 aromatic carbocycles. The molecule has 1 atom stereocenters. The Morgan fingerprint density at radius 3 is 3.06 bits per heavy atom. The molecule has 0 aliphatic rings. The third-order valence-electron chi connectivity index (χ3n) is 2.05. The predicted molar refractivity (Wildman–Crippen MR) is 62.5 cm³/mol. The minimum Gasteiger partial charge on any atom is -0.355 e. The van der Waals surface area contributed by atoms with Gasteiger partial charge in [0.25, 0.3) is 0 Å². The van der Waals surface area contributed by atoms with E-state index in [0.717, 1.165) is 5.56 Å². The summed E-state index contributed by atoms with van der Waals surface area (Å²) >= 11 is 7.01. The van der Waals surface area contributed by atoms with Gasteiger partial charge in [-0.15, -0.1) is 0 Å². The molecule has 0 saturated carbocycles. The van der Waals surface area contributed by atoms with Gasteiger partial charge in [0.1, 0.15) is 10.9 Å². The lowest BCUT2D eigenvalue weighted by molar-refractivity contribution is 0.883. The molecule has 1 unspecified atom stereocenters. The van der Waals surface area contributed by atoms with Gasteiger partial charge in [0.2, 0.25) is 0 Å². The Morgan fingerprint density at radius 1 is 1.69 bits per heavy atom. The second kappa shape index (κ2) is 4.51. The quantitative estimate of drug-likeness (QED) is 0.881. The molecule has 0 radical (unpaired) electrons. The molecule has 0 amide bonds. The first-order valence-corrected chi connectivity index (χ1v) is 5.72. The van der Waals surface area contributed by atoms with Crippen molar-refractivity contribution in [2.45, 2.75) is 13.0 Å². The van der Waals surface area contributed by atoms with E-state index in [4.69, 9.17) is 16.9 Å². The highest BCUT2D eigenvalue weighted by Gasteiger charge is 2.12. The molecule has 0 aliphatic carbocycles. The molecular weight excluding hydrogens is 246 g/mol. The van der Waals surface area contributed by atoms with E-state index in [0.29, 0.717) is 10.0 Å². The van der Waals surface area contributed by atoms with Crippen LogP contribution < -0.4 is 5.32 Å². The molecule has 2 N–H and O–H groups in total. The topological polar surface area (TPSA) is 77.4 Å². The van der Waals surface area contributed by atoms with Gasteiger partial charge in [0.15, 0.2) is 10.3 Å². The molecule has 0 aliphatic heterocycles. The van der Waals surface area contributed by atoms with Crippen molar-refractivity contribution >= 4 is 28.1 Å². The van der Waals surface area contributed by atoms with Crippen LogP contribution in [0.25, 0.3) is 0 Å². The standard InChI is InChI=1S/C9H8ClN5S/c1-5(6-3-12-13-4-6)14-9-15-8(10)7(2-11)16-9/h3-5H,1H3,(H,12,13)(H,14,15). The summed E-state index contributed by atoms with van der Waals surface area (Å²) in [5.41, 5.74) is 1.02. The van der Waals surface area contributed by atoms with E-state index >= 15 is 0 Å². The minimum atomic E-state index is 0.0625. The number of aromatic nitrogens is 3. The minimum absolute atomic E-state index is 0.0625. The lowest BCUT2D eigenvalue weighted by atomic mass is 10.2. The van der Waals surface area contributed by atoms with Crippen molar-refractivity contribution in [2.75, 3.05) is 5.32 Å². The monoisotopic (exact) mass is 253 g/mol. The zero-order valence-electron chi connectivity index (χ0n) is 8.36. The highest BCUT2D eigenvalue weighted by atomic mass is 35.5. The van der Waals surface area contributed by atoms with Gasteiger partial charge in [-0.2, -0.15) is 10.4 Å². The third-order valence-corrected chi connectivity index (χ3v) is 3.32. The summed E-state index contributed by atoms with van der Waals surface area (Å²) in [6.07, 6.45) is 3.54. The largest absolute Gasteiger partial charge is 0.355 e. The van der Waals surface area contributed by atoms with Crippen LogP contribution in [-0.4, -0.2) is 15.2 Å². The molecule has 2 aromatic rings. The van der Waals surface area contributed by atoms with E-state index < -0.39 is 0 Å². The van der Waals surface area contributed by atoms with Crippen LogP contribution in [0.3, 0.4) is 0 Å². The lowest BCUT2D eigenvalue weighted by Gasteiger charge is -2.09. The maximum absolute atomic E-state index is 8.74. The first-order chi connectivity index (χ1) is 7.70. The lowest BCUT2D eigenvalue weighted by Crippen LogP contribution is -2.04. The Balaban J connectivity index is 2.13. The zero-order chi connectivity index (χ0) is 11.5. The molecule has 7 heteroatoms. The molecule has 5 nitrogen and oxygen atoms in total. The van der Waals surface area contributed by atoms with Crippen LogP contribution in [0.2, 0.25) is 5.15 Å². The summed E-state index contributed by atoms with van der Waals surface area (Å²) in [6, 6.07) is 2.05. The molecule has 16 heavy (non-hydrogen) atoms. The van der Waals surface area contributed by atoms with E-state index in [-0.39, 0.29) is 11.2 Å². The fourth-order valence-corrected chi connectivity index (χ4v) is 2.23. The number of nitriles is 1. The molecule has 0 saturated heterocycles. The van der Waals surface area contributed by atoms with Gasteiger partial charge in [0.05, 0.1) is 12.2 Å². The van der Waals surface area contributed by atoms with Gasteiger partial charge in [-0.1, -0.05) is 22.9 Å². The smallest absolute Gasteiger partial charge is 0.185 e. The Bertz CT molecular complexity index is 512. The molecule has 82 valence electrons. The van der Waals surface area contributed by atoms with E-state index in [1.807, 2.05) is 13.0 Å². The van der Waals surface area contributed by atoms with Gasteiger partial charge < -0.3 is 5.32 Å². The first kappa shape index (κ1) is 10.9. The number of hydrogen-bond donors (Lipinski definition) is 2. The molecule has 0 spiro atoms. The summed E-state index contributed by atoms with van der Waals surface area (Å²) in [5.74, 6) is 0. The van der Waals surface area contributed by atoms with E-state index in [2.05, 4.69) is 20.5 Å². The van der Waals surface area contributed by atoms with Gasteiger partial charge >= 0.3 is 0 Å². The summed E-state index contributed by atoms with van der Waals surface area (Å²) in [7, 11) is 0. The fraction of sp³-hybridized carbons (Fsp3) is 0.222. The van der Waals surface area contributed by atoms with Crippen LogP contribution in [0.5, 0.6) is 0 Å². The number of H-pyrrole nitrogens is 1. The fourth-order valence-electron chi connectivity index (χ4n) is 1.20. The van der Waals surface area contributed by atoms with Gasteiger partial charge in [-0.05, 0) is 6.92 Å². The normalized spacial score (nSPS) is 12.1. The van der Waals surface area contributed by atoms with Crippen LogP contribution in [-0.2, 0) is 0 Å². The third kappa shape index (κ3) is 2.15. The van der Waals surface area contributed by atoms with Gasteiger partial charge in [0, 0.05) is 11.8 Å². The van der Waals surface area contributed by atoms with Crippen molar-refractivity contribution in [3.63, 3.8) is 0 Å². The van der Waals surface area contributed by atoms with Crippen molar-refractivity contribution in [1.82, 2.24) is 15.2 Å². The van der Waals surface area contributed by atoms with E-state index in [1.165, 1.54) is 11.3 Å². The number of hydrogen-bond acceptors (Lipinski definition) is 5. The van der Waals surface area contributed by atoms with E-state index in [9.17, 15) is 0 Å². The number of halogens is 1. The molecule has 0 bridgehead atoms. The van der Waals surface area contributed by atoms with Crippen LogP contribution in [0, 0.1) is 11.3 Å². The van der Waals surface area contributed by atoms with Crippen molar-refractivity contribution in [1.29, 1.82) is 5.26 Å². The first-order valence-electron chi connectivity index (χ1n) is 4.52. The molecule has 0 fully saturated rings. The summed E-state index contributed by atoms with van der Waals surface area (Å²) < 4.78 is 0. The van der Waals surface area contributed by atoms with Crippen LogP contribution in [0.1, 0.15) is 23.4 Å². The molecule has 2 heterocycles. The molecule has 2 rings (SSSR count). The highest BCUT2D eigenvalue weighted by molar-refractivity contribution is 7.16. The number of thiazole rings is 1. The highest BCUT2D eigenvalue weighted by Crippen LogP contribution is 2.28. The molecule has 2 aromatic heterocycles. The predicted octanol–water partition coefficient (Wildman–Crippen LogP) is 2.56. The summed E-state index contributed by atoms with van der Waals surface area (Å²) in [4.78, 5) is 4.47. The van der Waals surface area contributed by atoms with Crippen LogP contribution in [0.15, 0.2) is 12.4 Å². The number of aromatic amines is 1. The maximum atomic E-state index is 8.74. The Kier molecular flexibility index (Phi) is 3.08. The van der Waals surface area contributed by atoms with Crippen LogP contribution in [0.4, 0.5) is 5.13 Å². The van der Waals surface area contributed by atoms with Gasteiger partial charge in [-0.3, -0.25) is 5.10 Å². The van der Waals surface area contributed by atoms with Crippen molar-refractivity contribution < 1.29 is 0 Å². The Morgan fingerprint density at radius 2 is 2.50 bits per heavy atom. The van der Waals surface area contributed by atoms with Crippen LogP contribution >= 0.6 is 22.9 Å². The average Bonchev–Trinajstić information content (AvgIpc) is 2.87. The van der Waals surface area contributed by atoms with Crippen molar-refractivity contribution in [2.24, 2.45) is 0 Å². The second-order valence-corrected chi connectivity index (χ2v) is 4.51. The van der Waals surface area contributed by atoms with Crippen molar-refractivity contribution in [3.8, 4) is 6.07 Å². The van der Waals surface area contributed by atoms with Crippen molar-refractivity contribution in [3.05, 3.63) is 28.0 Å². The maximum Gasteiger partial charge on any atom is 0.185 e. The number of nitrogens with one attached hydrogen (secondary N) is 2. The summed E-state index contributed by atoms with van der Waals surface area (Å²) in [5, 5.41) is 19.4. The summed E-state index contributed by atoms with van der Waals surface area (Å²) in [6.45, 7) is 1.98. The molecular formula is C9H8ClN5S. The zero-order valence-corrected chi connectivity index (χ0v) is 9.93. The number of rotatable bonds is 3.